The van der Waals surface area contributed by atoms with Crippen LogP contribution in [0.5, 0.6) is 5.88 Å². The molecule has 1 aromatic carbocycles. The third-order valence-electron chi connectivity index (χ3n) is 4.73. The van der Waals surface area contributed by atoms with Crippen molar-refractivity contribution in [1.82, 2.24) is 20.3 Å². The van der Waals surface area contributed by atoms with Gasteiger partial charge in [-0.1, -0.05) is 25.1 Å². The molecule has 5 N–H and O–H groups in total. The fourth-order valence-electron chi connectivity index (χ4n) is 3.55. The molecule has 1 aliphatic rings. The summed E-state index contributed by atoms with van der Waals surface area (Å²) < 4.78 is 0. The van der Waals surface area contributed by atoms with Crippen molar-refractivity contribution in [2.75, 3.05) is 0 Å². The lowest BCUT2D eigenvalue weighted by atomic mass is 9.90. The van der Waals surface area contributed by atoms with Gasteiger partial charge in [0.1, 0.15) is 5.56 Å². The largest absolute Gasteiger partial charge is 0.494 e. The zero-order valence-corrected chi connectivity index (χ0v) is 13.1. The van der Waals surface area contributed by atoms with Crippen LogP contribution in [0.3, 0.4) is 0 Å². The topological polar surface area (TPSA) is 114 Å². The maximum atomic E-state index is 12.3. The molecule has 24 heavy (non-hydrogen) atoms. The van der Waals surface area contributed by atoms with Gasteiger partial charge in [-0.2, -0.15) is 0 Å². The molecule has 3 heterocycles. The third kappa shape index (κ3) is 2.16. The summed E-state index contributed by atoms with van der Waals surface area (Å²) in [6.07, 6.45) is 1.73. The highest BCUT2D eigenvalue weighted by Crippen LogP contribution is 2.36. The first-order chi connectivity index (χ1) is 11.6. The predicted octanol–water partition coefficient (Wildman–Crippen LogP) is 1.26. The molecular formula is C17H18N4O3. The van der Waals surface area contributed by atoms with E-state index in [1.54, 1.807) is 0 Å². The molecule has 0 unspecified atom stereocenters. The van der Waals surface area contributed by atoms with Crippen molar-refractivity contribution in [3.05, 3.63) is 61.9 Å². The number of aromatic hydroxyl groups is 1. The molecule has 4 rings (SSSR count). The van der Waals surface area contributed by atoms with Crippen molar-refractivity contribution in [1.29, 1.82) is 0 Å². The molecule has 2 aromatic heterocycles. The fraction of sp³-hybridized carbons (Fsp3) is 0.294. The Morgan fingerprint density at radius 2 is 1.96 bits per heavy atom. The highest BCUT2D eigenvalue weighted by Gasteiger charge is 2.33. The molecule has 0 bridgehead atoms. The molecule has 0 amide bonds. The van der Waals surface area contributed by atoms with Crippen molar-refractivity contribution >= 4 is 10.9 Å². The SMILES string of the molecule is CC[C@H]1Cc2c([nH]c3ccccc23)[C@H](c2c(O)[nH]c(=O)[nH]c2=O)N1. The minimum Gasteiger partial charge on any atom is -0.494 e. The van der Waals surface area contributed by atoms with Gasteiger partial charge < -0.3 is 15.4 Å². The van der Waals surface area contributed by atoms with Crippen LogP contribution in [0.25, 0.3) is 10.9 Å². The van der Waals surface area contributed by atoms with E-state index in [4.69, 9.17) is 0 Å². The summed E-state index contributed by atoms with van der Waals surface area (Å²) in [6.45, 7) is 2.07. The molecule has 7 heteroatoms. The van der Waals surface area contributed by atoms with Crippen LogP contribution in [-0.4, -0.2) is 26.1 Å². The molecule has 2 atom stereocenters. The molecule has 3 aromatic rings. The molecule has 0 aliphatic carbocycles. The Bertz CT molecular complexity index is 1030. The number of para-hydroxylation sites is 1. The number of hydrogen-bond donors (Lipinski definition) is 5. The second-order valence-corrected chi connectivity index (χ2v) is 6.14. The number of aromatic nitrogens is 3. The number of H-pyrrole nitrogens is 3. The molecule has 1 aliphatic heterocycles. The van der Waals surface area contributed by atoms with Crippen molar-refractivity contribution in [3.8, 4) is 5.88 Å². The Morgan fingerprint density at radius 3 is 2.71 bits per heavy atom. The van der Waals surface area contributed by atoms with Gasteiger partial charge in [0.2, 0.25) is 5.88 Å². The van der Waals surface area contributed by atoms with Crippen LogP contribution < -0.4 is 16.6 Å². The number of aromatic amines is 3. The predicted molar refractivity (Wildman–Crippen MR) is 90.4 cm³/mol. The van der Waals surface area contributed by atoms with Crippen molar-refractivity contribution in [2.45, 2.75) is 31.8 Å². The first-order valence-corrected chi connectivity index (χ1v) is 7.99. The molecule has 7 nitrogen and oxygen atoms in total. The molecule has 0 radical (unpaired) electrons. The van der Waals surface area contributed by atoms with Crippen LogP contribution in [0, 0.1) is 0 Å². The van der Waals surface area contributed by atoms with Crippen molar-refractivity contribution < 1.29 is 5.11 Å². The van der Waals surface area contributed by atoms with E-state index in [-0.39, 0.29) is 11.6 Å². The highest BCUT2D eigenvalue weighted by atomic mass is 16.3. The minimum absolute atomic E-state index is 0.126. The van der Waals surface area contributed by atoms with Crippen LogP contribution in [-0.2, 0) is 6.42 Å². The molecule has 124 valence electrons. The van der Waals surface area contributed by atoms with Crippen LogP contribution in [0.15, 0.2) is 33.9 Å². The second kappa shape index (κ2) is 5.38. The zero-order chi connectivity index (χ0) is 16.8. The molecule has 0 fully saturated rings. The van der Waals surface area contributed by atoms with Gasteiger partial charge in [0.15, 0.2) is 0 Å². The van der Waals surface area contributed by atoms with Crippen molar-refractivity contribution in [2.24, 2.45) is 0 Å². The van der Waals surface area contributed by atoms with E-state index in [1.165, 1.54) is 0 Å². The third-order valence-corrected chi connectivity index (χ3v) is 4.73. The fourth-order valence-corrected chi connectivity index (χ4v) is 3.55. The van der Waals surface area contributed by atoms with E-state index in [2.05, 4.69) is 33.3 Å². The highest BCUT2D eigenvalue weighted by molar-refractivity contribution is 5.85. The smallest absolute Gasteiger partial charge is 0.328 e. The maximum Gasteiger partial charge on any atom is 0.328 e. The molecule has 0 saturated heterocycles. The van der Waals surface area contributed by atoms with Gasteiger partial charge in [0.05, 0.1) is 6.04 Å². The summed E-state index contributed by atoms with van der Waals surface area (Å²) in [4.78, 5) is 31.5. The van der Waals surface area contributed by atoms with Crippen molar-refractivity contribution in [3.63, 3.8) is 0 Å². The number of nitrogens with one attached hydrogen (secondary N) is 4. The Labute approximate surface area is 136 Å². The minimum atomic E-state index is -0.721. The lowest BCUT2D eigenvalue weighted by Gasteiger charge is -2.30. The lowest BCUT2D eigenvalue weighted by molar-refractivity contribution is 0.392. The number of fused-ring (bicyclic) bond motifs is 3. The average molecular weight is 326 g/mol. The van der Waals surface area contributed by atoms with Gasteiger partial charge in [-0.25, -0.2) is 4.79 Å². The molecule has 0 spiro atoms. The Kier molecular flexibility index (Phi) is 3.31. The monoisotopic (exact) mass is 326 g/mol. The van der Waals surface area contributed by atoms with Crippen LogP contribution in [0.1, 0.15) is 36.2 Å². The summed E-state index contributed by atoms with van der Waals surface area (Å²) >= 11 is 0. The van der Waals surface area contributed by atoms with E-state index < -0.39 is 23.2 Å². The Morgan fingerprint density at radius 1 is 1.17 bits per heavy atom. The maximum absolute atomic E-state index is 12.3. The van der Waals surface area contributed by atoms with Crippen LogP contribution >= 0.6 is 0 Å². The van der Waals surface area contributed by atoms with E-state index in [1.807, 2.05) is 18.2 Å². The number of rotatable bonds is 2. The summed E-state index contributed by atoms with van der Waals surface area (Å²) in [5.41, 5.74) is 1.81. The Hall–Kier alpha value is -2.80. The lowest BCUT2D eigenvalue weighted by Crippen LogP contribution is -2.42. The van der Waals surface area contributed by atoms with E-state index in [0.717, 1.165) is 35.0 Å². The van der Waals surface area contributed by atoms with Gasteiger partial charge in [-0.05, 0) is 24.5 Å². The molecule has 0 saturated carbocycles. The standard InChI is InChI=1S/C17H18N4O3/c1-2-8-7-10-9-5-3-4-6-11(9)19-13(10)14(18-8)12-15(22)20-17(24)21-16(12)23/h3-6,8,14,18-19H,2,7H2,1H3,(H3,20,21,22,23,24)/t8-,14-/m0/s1. The van der Waals surface area contributed by atoms with E-state index in [0.29, 0.717) is 0 Å². The average Bonchev–Trinajstić information content (AvgIpc) is 2.92. The number of benzene rings is 1. The van der Waals surface area contributed by atoms with Gasteiger partial charge in [0.25, 0.3) is 5.56 Å². The van der Waals surface area contributed by atoms with E-state index >= 15 is 0 Å². The van der Waals surface area contributed by atoms with Gasteiger partial charge in [-0.15, -0.1) is 0 Å². The number of hydrogen-bond acceptors (Lipinski definition) is 4. The quantitative estimate of drug-likeness (QED) is 0.488. The van der Waals surface area contributed by atoms with Crippen LogP contribution in [0.2, 0.25) is 0 Å². The van der Waals surface area contributed by atoms with Crippen LogP contribution in [0.4, 0.5) is 0 Å². The van der Waals surface area contributed by atoms with Gasteiger partial charge >= 0.3 is 5.69 Å². The summed E-state index contributed by atoms with van der Waals surface area (Å²) in [5, 5.41) is 14.7. The summed E-state index contributed by atoms with van der Waals surface area (Å²) in [5.74, 6) is -0.400. The summed E-state index contributed by atoms with van der Waals surface area (Å²) in [6, 6.07) is 7.64. The van der Waals surface area contributed by atoms with Gasteiger partial charge in [0, 0.05) is 22.6 Å². The summed E-state index contributed by atoms with van der Waals surface area (Å²) in [7, 11) is 0. The second-order valence-electron chi connectivity index (χ2n) is 6.14. The van der Waals surface area contributed by atoms with Gasteiger partial charge in [-0.3, -0.25) is 14.8 Å². The first kappa shape index (κ1) is 14.8. The normalized spacial score (nSPS) is 20.2. The first-order valence-electron chi connectivity index (χ1n) is 7.99. The molecular weight excluding hydrogens is 308 g/mol. The zero-order valence-electron chi connectivity index (χ0n) is 13.1. The van der Waals surface area contributed by atoms with E-state index in [9.17, 15) is 14.7 Å². The Balaban J connectivity index is 1.98.